The van der Waals surface area contributed by atoms with E-state index in [1.807, 2.05) is 11.8 Å². The number of thioether (sulfide) groups is 1. The van der Waals surface area contributed by atoms with E-state index in [0.29, 0.717) is 6.42 Å². The van der Waals surface area contributed by atoms with Gasteiger partial charge in [0.05, 0.1) is 7.11 Å². The average Bonchev–Trinajstić information content (AvgIpc) is 2.34. The average molecular weight is 247 g/mol. The first kappa shape index (κ1) is 13.8. The summed E-state index contributed by atoms with van der Waals surface area (Å²) in [6, 6.07) is -0.466. The summed E-state index contributed by atoms with van der Waals surface area (Å²) in [4.78, 5) is 11.0. The Bertz CT molecular complexity index is 207. The molecule has 16 heavy (non-hydrogen) atoms. The van der Waals surface area contributed by atoms with Crippen molar-refractivity contribution in [3.05, 3.63) is 0 Å². The Morgan fingerprint density at radius 1 is 1.56 bits per heavy atom. The van der Waals surface area contributed by atoms with E-state index in [1.165, 1.54) is 7.11 Å². The van der Waals surface area contributed by atoms with Gasteiger partial charge < -0.3 is 15.2 Å². The van der Waals surface area contributed by atoms with Crippen molar-refractivity contribution in [1.29, 1.82) is 0 Å². The fourth-order valence-electron chi connectivity index (χ4n) is 1.64. The molecule has 0 aromatic heterocycles. The Morgan fingerprint density at radius 3 is 2.88 bits per heavy atom. The monoisotopic (exact) mass is 247 g/mol. The van der Waals surface area contributed by atoms with Crippen LogP contribution in [0.5, 0.6) is 0 Å². The summed E-state index contributed by atoms with van der Waals surface area (Å²) in [6.07, 6.45) is 3.02. The zero-order valence-electron chi connectivity index (χ0n) is 9.81. The van der Waals surface area contributed by atoms with Crippen LogP contribution in [0.3, 0.4) is 0 Å². The summed E-state index contributed by atoms with van der Waals surface area (Å²) >= 11 is 1.87. The molecule has 1 heterocycles. The first-order chi connectivity index (χ1) is 7.74. The van der Waals surface area contributed by atoms with Crippen molar-refractivity contribution in [1.82, 2.24) is 0 Å². The number of carbonyl (C=O) groups excluding carboxylic acids is 1. The van der Waals surface area contributed by atoms with Gasteiger partial charge in [-0.2, -0.15) is 11.8 Å². The van der Waals surface area contributed by atoms with Crippen molar-refractivity contribution in [2.45, 2.75) is 25.3 Å². The summed E-state index contributed by atoms with van der Waals surface area (Å²) in [5.41, 5.74) is 5.64. The maximum absolute atomic E-state index is 11.0. The molecule has 1 rings (SSSR count). The molecule has 1 unspecified atom stereocenters. The molecule has 5 heteroatoms. The van der Waals surface area contributed by atoms with Crippen LogP contribution in [0.4, 0.5) is 0 Å². The van der Waals surface area contributed by atoms with Gasteiger partial charge in [-0.1, -0.05) is 0 Å². The molecule has 94 valence electrons. The molecule has 1 aliphatic heterocycles. The van der Waals surface area contributed by atoms with Crippen molar-refractivity contribution >= 4 is 17.7 Å². The molecule has 1 saturated heterocycles. The minimum absolute atomic E-state index is 0.313. The first-order valence-electron chi connectivity index (χ1n) is 5.73. The maximum Gasteiger partial charge on any atom is 0.322 e. The van der Waals surface area contributed by atoms with E-state index in [4.69, 9.17) is 10.5 Å². The molecule has 1 atom stereocenters. The number of esters is 1. The minimum atomic E-state index is -0.466. The number of hydrogen-bond acceptors (Lipinski definition) is 5. The highest BCUT2D eigenvalue weighted by atomic mass is 32.2. The van der Waals surface area contributed by atoms with Gasteiger partial charge in [0, 0.05) is 13.2 Å². The van der Waals surface area contributed by atoms with E-state index in [9.17, 15) is 4.79 Å². The van der Waals surface area contributed by atoms with Crippen molar-refractivity contribution in [3.8, 4) is 0 Å². The number of hydrogen-bond donors (Lipinski definition) is 1. The van der Waals surface area contributed by atoms with Crippen LogP contribution in [0.15, 0.2) is 0 Å². The van der Waals surface area contributed by atoms with Gasteiger partial charge >= 0.3 is 5.97 Å². The lowest BCUT2D eigenvalue weighted by molar-refractivity contribution is -0.142. The van der Waals surface area contributed by atoms with Crippen molar-refractivity contribution in [3.63, 3.8) is 0 Å². The third-order valence-corrected chi connectivity index (χ3v) is 4.00. The van der Waals surface area contributed by atoms with Gasteiger partial charge in [-0.05, 0) is 36.7 Å². The molecule has 0 aromatic carbocycles. The molecule has 0 aliphatic carbocycles. The number of ether oxygens (including phenoxy) is 2. The number of carbonyl (C=O) groups is 1. The smallest absolute Gasteiger partial charge is 0.322 e. The molecule has 2 N–H and O–H groups in total. The van der Waals surface area contributed by atoms with Crippen LogP contribution in [-0.4, -0.2) is 43.8 Å². The van der Waals surface area contributed by atoms with Gasteiger partial charge in [-0.15, -0.1) is 0 Å². The second-order valence-electron chi connectivity index (χ2n) is 4.05. The molecule has 1 fully saturated rings. The quantitative estimate of drug-likeness (QED) is 0.561. The molecule has 0 amide bonds. The van der Waals surface area contributed by atoms with Gasteiger partial charge in [0.2, 0.25) is 0 Å². The van der Waals surface area contributed by atoms with E-state index in [-0.39, 0.29) is 5.97 Å². The lowest BCUT2D eigenvalue weighted by Gasteiger charge is -2.21. The predicted octanol–water partition coefficient (Wildman–Crippen LogP) is 1.04. The SMILES string of the molecule is COC(=O)C(N)CCSCC1CCOCC1. The van der Waals surface area contributed by atoms with Crippen molar-refractivity contribution < 1.29 is 14.3 Å². The molecule has 0 bridgehead atoms. The Labute approximate surface area is 101 Å². The lowest BCUT2D eigenvalue weighted by atomic mass is 10.0. The molecule has 4 nitrogen and oxygen atoms in total. The van der Waals surface area contributed by atoms with E-state index in [1.54, 1.807) is 0 Å². The molecule has 0 spiro atoms. The van der Waals surface area contributed by atoms with Crippen LogP contribution in [0.2, 0.25) is 0 Å². The molecule has 0 radical (unpaired) electrons. The molecular formula is C11H21NO3S. The van der Waals surface area contributed by atoms with Crippen LogP contribution in [0.1, 0.15) is 19.3 Å². The zero-order valence-corrected chi connectivity index (χ0v) is 10.6. The van der Waals surface area contributed by atoms with Gasteiger partial charge in [-0.3, -0.25) is 4.79 Å². The lowest BCUT2D eigenvalue weighted by Crippen LogP contribution is -2.32. The Hall–Kier alpha value is -0.260. The Balaban J connectivity index is 2.00. The highest BCUT2D eigenvalue weighted by Crippen LogP contribution is 2.20. The number of rotatable bonds is 6. The minimum Gasteiger partial charge on any atom is -0.468 e. The fraction of sp³-hybridized carbons (Fsp3) is 0.909. The normalized spacial score (nSPS) is 19.4. The first-order valence-corrected chi connectivity index (χ1v) is 6.88. The predicted molar refractivity (Wildman–Crippen MR) is 65.5 cm³/mol. The standard InChI is InChI=1S/C11H21NO3S/c1-14-11(13)10(12)4-7-16-8-9-2-5-15-6-3-9/h9-10H,2-8,12H2,1H3. The highest BCUT2D eigenvalue weighted by molar-refractivity contribution is 7.99. The molecular weight excluding hydrogens is 226 g/mol. The van der Waals surface area contributed by atoms with Crippen molar-refractivity contribution in [2.24, 2.45) is 11.7 Å². The number of nitrogens with two attached hydrogens (primary N) is 1. The van der Waals surface area contributed by atoms with E-state index < -0.39 is 6.04 Å². The summed E-state index contributed by atoms with van der Waals surface area (Å²) in [6.45, 7) is 1.79. The fourth-order valence-corrected chi connectivity index (χ4v) is 2.90. The second kappa shape index (κ2) is 7.92. The summed E-state index contributed by atoms with van der Waals surface area (Å²) < 4.78 is 9.87. The highest BCUT2D eigenvalue weighted by Gasteiger charge is 2.15. The Morgan fingerprint density at radius 2 is 2.25 bits per heavy atom. The third kappa shape index (κ3) is 5.18. The van der Waals surface area contributed by atoms with E-state index in [0.717, 1.165) is 43.5 Å². The maximum atomic E-state index is 11.0. The number of methoxy groups -OCH3 is 1. The topological polar surface area (TPSA) is 61.5 Å². The van der Waals surface area contributed by atoms with Crippen LogP contribution >= 0.6 is 11.8 Å². The third-order valence-electron chi connectivity index (χ3n) is 2.77. The van der Waals surface area contributed by atoms with Gasteiger partial charge in [0.1, 0.15) is 6.04 Å². The summed E-state index contributed by atoms with van der Waals surface area (Å²) in [5.74, 6) is 2.53. The van der Waals surface area contributed by atoms with Crippen LogP contribution in [0, 0.1) is 5.92 Å². The van der Waals surface area contributed by atoms with Crippen LogP contribution < -0.4 is 5.73 Å². The van der Waals surface area contributed by atoms with Crippen LogP contribution in [-0.2, 0) is 14.3 Å². The van der Waals surface area contributed by atoms with Gasteiger partial charge in [-0.25, -0.2) is 0 Å². The van der Waals surface area contributed by atoms with E-state index in [2.05, 4.69) is 4.74 Å². The van der Waals surface area contributed by atoms with E-state index >= 15 is 0 Å². The Kier molecular flexibility index (Phi) is 6.84. The van der Waals surface area contributed by atoms with Gasteiger partial charge in [0.15, 0.2) is 0 Å². The zero-order chi connectivity index (χ0) is 11.8. The molecule has 0 aromatic rings. The molecule has 1 aliphatic rings. The summed E-state index contributed by atoms with van der Waals surface area (Å²) in [7, 11) is 1.37. The largest absolute Gasteiger partial charge is 0.468 e. The second-order valence-corrected chi connectivity index (χ2v) is 5.20. The van der Waals surface area contributed by atoms with Gasteiger partial charge in [0.25, 0.3) is 0 Å². The van der Waals surface area contributed by atoms with Crippen molar-refractivity contribution in [2.75, 3.05) is 31.8 Å². The van der Waals surface area contributed by atoms with Crippen LogP contribution in [0.25, 0.3) is 0 Å². The summed E-state index contributed by atoms with van der Waals surface area (Å²) in [5, 5.41) is 0. The molecule has 0 saturated carbocycles.